The van der Waals surface area contributed by atoms with E-state index in [9.17, 15) is 19.5 Å². The number of amides is 2. The number of ether oxygens (including phenoxy) is 1. The third kappa shape index (κ3) is 9.26. The minimum absolute atomic E-state index is 0.00698. The van der Waals surface area contributed by atoms with Crippen molar-refractivity contribution in [3.63, 3.8) is 0 Å². The first kappa shape index (κ1) is 36.3. The van der Waals surface area contributed by atoms with Crippen molar-refractivity contribution in [1.29, 1.82) is 0 Å². The minimum atomic E-state index is -0.922. The molecule has 0 bridgehead atoms. The van der Waals surface area contributed by atoms with Gasteiger partial charge in [0.25, 0.3) is 5.91 Å². The number of hydrogen-bond donors (Lipinski definition) is 2. The monoisotopic (exact) mass is 695 g/mol. The lowest BCUT2D eigenvalue weighted by Crippen LogP contribution is -2.59. The Labute approximate surface area is 302 Å². The molecule has 2 saturated heterocycles. The molecule has 3 aliphatic rings. The zero-order valence-electron chi connectivity index (χ0n) is 30.3. The van der Waals surface area contributed by atoms with Crippen LogP contribution in [0.5, 0.6) is 5.75 Å². The van der Waals surface area contributed by atoms with E-state index in [0.717, 1.165) is 47.7 Å². The van der Waals surface area contributed by atoms with Crippen molar-refractivity contribution in [1.82, 2.24) is 20.2 Å². The molecule has 2 aliphatic heterocycles. The Kier molecular flexibility index (Phi) is 11.9. The van der Waals surface area contributed by atoms with E-state index in [2.05, 4.69) is 17.1 Å². The van der Waals surface area contributed by atoms with Gasteiger partial charge in [-0.25, -0.2) is 9.97 Å². The molecule has 10 nitrogen and oxygen atoms in total. The SMILES string of the molecule is CCC[C@H]1CC[C@H](C2CCN(c3cnc(-c4ccc(C[C@H](NC(=O)c5ccc(OC(C)C)cc5)C(=O)N5CC(C(=O)O)C5)cc4)nc3)CC2)CC1. The summed E-state index contributed by atoms with van der Waals surface area (Å²) in [4.78, 5) is 51.5. The fraction of sp³-hybridized carbons (Fsp3) is 0.537. The van der Waals surface area contributed by atoms with Crippen LogP contribution in [0.2, 0.25) is 0 Å². The van der Waals surface area contributed by atoms with E-state index in [0.29, 0.717) is 17.1 Å². The van der Waals surface area contributed by atoms with E-state index in [4.69, 9.17) is 14.7 Å². The molecule has 3 aromatic rings. The second-order valence-corrected chi connectivity index (χ2v) is 15.1. The number of carboxylic acids is 1. The molecule has 2 amide bonds. The van der Waals surface area contributed by atoms with E-state index in [1.54, 1.807) is 24.3 Å². The van der Waals surface area contributed by atoms with Gasteiger partial charge in [-0.3, -0.25) is 14.4 Å². The lowest BCUT2D eigenvalue weighted by atomic mass is 9.72. The van der Waals surface area contributed by atoms with Gasteiger partial charge in [0, 0.05) is 43.7 Å². The number of piperidine rings is 1. The van der Waals surface area contributed by atoms with Crippen LogP contribution in [0.25, 0.3) is 11.4 Å². The lowest BCUT2D eigenvalue weighted by molar-refractivity contribution is -0.153. The van der Waals surface area contributed by atoms with Gasteiger partial charge in [0.2, 0.25) is 5.91 Å². The van der Waals surface area contributed by atoms with E-state index in [-0.39, 0.29) is 37.4 Å². The molecular weight excluding hydrogens is 642 g/mol. The summed E-state index contributed by atoms with van der Waals surface area (Å²) < 4.78 is 5.68. The zero-order valence-corrected chi connectivity index (χ0v) is 30.3. The maximum absolute atomic E-state index is 13.5. The molecule has 0 radical (unpaired) electrons. The molecule has 1 aromatic heterocycles. The highest BCUT2D eigenvalue weighted by Gasteiger charge is 2.39. The van der Waals surface area contributed by atoms with Gasteiger partial charge in [-0.15, -0.1) is 0 Å². The van der Waals surface area contributed by atoms with Crippen molar-refractivity contribution in [3.8, 4) is 17.1 Å². The van der Waals surface area contributed by atoms with Crippen LogP contribution in [-0.4, -0.2) is 76.1 Å². The number of rotatable bonds is 13. The largest absolute Gasteiger partial charge is 0.491 e. The van der Waals surface area contributed by atoms with Crippen molar-refractivity contribution < 1.29 is 24.2 Å². The Balaban J connectivity index is 1.05. The van der Waals surface area contributed by atoms with Gasteiger partial charge in [-0.2, -0.15) is 0 Å². The van der Waals surface area contributed by atoms with E-state index in [1.807, 2.05) is 50.5 Å². The quantitative estimate of drug-likeness (QED) is 0.204. The molecule has 2 N–H and O–H groups in total. The third-order valence-corrected chi connectivity index (χ3v) is 11.1. The second-order valence-electron chi connectivity index (χ2n) is 15.1. The molecule has 0 spiro atoms. The summed E-state index contributed by atoms with van der Waals surface area (Å²) >= 11 is 0. The number of carbonyl (C=O) groups excluding carboxylic acids is 2. The van der Waals surface area contributed by atoms with Crippen molar-refractivity contribution in [3.05, 3.63) is 72.1 Å². The Morgan fingerprint density at radius 1 is 0.882 bits per heavy atom. The standard InChI is InChI=1S/C41H53N5O5/c1-4-5-28-6-10-30(11-7-28)31-18-20-45(21-19-31)35-23-42-38(43-24-35)32-12-8-29(9-13-32)22-37(40(48)46-25-34(26-46)41(49)50)44-39(47)33-14-16-36(17-15-33)51-27(2)3/h8-9,12-17,23-24,27-28,30-31,34,37H,4-7,10-11,18-22,25-26H2,1-3H3,(H,44,47)(H,49,50)/t28-,30-,37-/m0/s1. The third-order valence-electron chi connectivity index (χ3n) is 11.1. The average Bonchev–Trinajstić information content (AvgIpc) is 3.11. The highest BCUT2D eigenvalue weighted by atomic mass is 16.5. The van der Waals surface area contributed by atoms with Crippen LogP contribution in [0.4, 0.5) is 5.69 Å². The van der Waals surface area contributed by atoms with Crippen LogP contribution in [0, 0.1) is 23.7 Å². The zero-order chi connectivity index (χ0) is 35.9. The molecule has 10 heteroatoms. The molecule has 1 atom stereocenters. The highest BCUT2D eigenvalue weighted by molar-refractivity contribution is 5.98. The number of likely N-dealkylation sites (tertiary alicyclic amines) is 1. The molecule has 3 fully saturated rings. The van der Waals surface area contributed by atoms with E-state index < -0.39 is 17.9 Å². The maximum Gasteiger partial charge on any atom is 0.310 e. The van der Waals surface area contributed by atoms with Crippen molar-refractivity contribution in [2.45, 2.75) is 90.7 Å². The number of anilines is 1. The molecule has 51 heavy (non-hydrogen) atoms. The average molecular weight is 696 g/mol. The van der Waals surface area contributed by atoms with Crippen molar-refractivity contribution >= 4 is 23.5 Å². The molecular formula is C41H53N5O5. The molecule has 6 rings (SSSR count). The fourth-order valence-electron chi connectivity index (χ4n) is 8.08. The van der Waals surface area contributed by atoms with Gasteiger partial charge in [0.15, 0.2) is 5.82 Å². The number of nitrogens with zero attached hydrogens (tertiary/aromatic N) is 4. The number of carboxylic acid groups (broad SMARTS) is 1. The van der Waals surface area contributed by atoms with Gasteiger partial charge in [-0.1, -0.05) is 56.9 Å². The first-order valence-corrected chi connectivity index (χ1v) is 18.9. The predicted octanol–water partition coefficient (Wildman–Crippen LogP) is 6.64. The van der Waals surface area contributed by atoms with Gasteiger partial charge >= 0.3 is 5.97 Å². The molecule has 3 heterocycles. The molecule has 0 unspecified atom stereocenters. The Morgan fingerprint density at radius 3 is 2.10 bits per heavy atom. The smallest absolute Gasteiger partial charge is 0.310 e. The van der Waals surface area contributed by atoms with Gasteiger partial charge in [0.05, 0.1) is 30.1 Å². The molecule has 1 aliphatic carbocycles. The lowest BCUT2D eigenvalue weighted by Gasteiger charge is -2.39. The second kappa shape index (κ2) is 16.7. The van der Waals surface area contributed by atoms with Gasteiger partial charge in [-0.05, 0) is 87.1 Å². The highest BCUT2D eigenvalue weighted by Crippen LogP contribution is 2.39. The fourth-order valence-corrected chi connectivity index (χ4v) is 8.08. The van der Waals surface area contributed by atoms with E-state index >= 15 is 0 Å². The molecule has 2 aromatic carbocycles. The minimum Gasteiger partial charge on any atom is -0.491 e. The van der Waals surface area contributed by atoms with Crippen molar-refractivity contribution in [2.24, 2.45) is 23.7 Å². The van der Waals surface area contributed by atoms with Crippen LogP contribution >= 0.6 is 0 Å². The topological polar surface area (TPSA) is 125 Å². The number of benzene rings is 2. The summed E-state index contributed by atoms with van der Waals surface area (Å²) in [5, 5.41) is 12.2. The summed E-state index contributed by atoms with van der Waals surface area (Å²) in [6, 6.07) is 13.7. The van der Waals surface area contributed by atoms with Crippen LogP contribution in [-0.2, 0) is 16.0 Å². The molecule has 1 saturated carbocycles. The summed E-state index contributed by atoms with van der Waals surface area (Å²) in [6.45, 7) is 8.54. The predicted molar refractivity (Wildman–Crippen MR) is 198 cm³/mol. The first-order chi connectivity index (χ1) is 24.7. The van der Waals surface area contributed by atoms with Crippen LogP contribution in [0.3, 0.4) is 0 Å². The summed E-state index contributed by atoms with van der Waals surface area (Å²) in [5.41, 5.74) is 3.19. The summed E-state index contributed by atoms with van der Waals surface area (Å²) in [5.74, 6) is 1.79. The van der Waals surface area contributed by atoms with Crippen LogP contribution in [0.1, 0.15) is 88.1 Å². The number of carbonyl (C=O) groups is 3. The van der Waals surface area contributed by atoms with Gasteiger partial charge < -0.3 is 25.0 Å². The number of aromatic nitrogens is 2. The summed E-state index contributed by atoms with van der Waals surface area (Å²) in [7, 11) is 0. The normalized spacial score (nSPS) is 20.5. The number of nitrogens with one attached hydrogen (secondary N) is 1. The molecule has 272 valence electrons. The van der Waals surface area contributed by atoms with E-state index in [1.165, 1.54) is 56.3 Å². The Bertz CT molecular complexity index is 1610. The Hall–Kier alpha value is -4.47. The number of hydrogen-bond acceptors (Lipinski definition) is 7. The first-order valence-electron chi connectivity index (χ1n) is 18.9. The summed E-state index contributed by atoms with van der Waals surface area (Å²) in [6.07, 6.45) is 15.0. The Morgan fingerprint density at radius 2 is 1.51 bits per heavy atom. The van der Waals surface area contributed by atoms with Gasteiger partial charge in [0.1, 0.15) is 11.8 Å². The van der Waals surface area contributed by atoms with Crippen molar-refractivity contribution in [2.75, 3.05) is 31.1 Å². The van der Waals surface area contributed by atoms with Crippen LogP contribution < -0.4 is 15.0 Å². The maximum atomic E-state index is 13.5. The number of aliphatic carboxylic acids is 1. The van der Waals surface area contributed by atoms with Crippen LogP contribution in [0.15, 0.2) is 60.9 Å².